The number of nitrogens with two attached hydrogens (primary N) is 1. The molecule has 0 aromatic carbocycles. The lowest BCUT2D eigenvalue weighted by Crippen LogP contribution is -2.62. The lowest BCUT2D eigenvalue weighted by molar-refractivity contribution is -0.141. The minimum absolute atomic E-state index is 0. The molecule has 2 fully saturated rings. The maximum absolute atomic E-state index is 13.5. The topological polar surface area (TPSA) is 119 Å². The molecule has 0 spiro atoms. The third kappa shape index (κ3) is 4.08. The number of carbonyl (C=O) groups excluding carboxylic acids is 1. The number of hydrogen-bond acceptors (Lipinski definition) is 6. The summed E-state index contributed by atoms with van der Waals surface area (Å²) in [5.41, 5.74) is 5.19. The molecule has 10 heteroatoms. The van der Waals surface area contributed by atoms with Gasteiger partial charge >= 0.3 is 0 Å². The number of nitrogens with one attached hydrogen (secondary N) is 1. The van der Waals surface area contributed by atoms with E-state index in [1.807, 2.05) is 13.8 Å². The van der Waals surface area contributed by atoms with Gasteiger partial charge in [0.05, 0.1) is 0 Å². The zero-order valence-electron chi connectivity index (χ0n) is 16.9. The molecular formula is C18H31ClN4O4S. The molecule has 0 bridgehead atoms. The summed E-state index contributed by atoms with van der Waals surface area (Å²) >= 11 is 0. The van der Waals surface area contributed by atoms with E-state index < -0.39 is 15.6 Å². The highest BCUT2D eigenvalue weighted by molar-refractivity contribution is 7.89. The van der Waals surface area contributed by atoms with Crippen LogP contribution in [0.3, 0.4) is 0 Å². The molecule has 1 unspecified atom stereocenters. The van der Waals surface area contributed by atoms with Gasteiger partial charge in [-0.1, -0.05) is 31.8 Å². The SMILES string of the molecule is Cc1noc(C)c1S(=O)(=O)NC1(C(=O)N2CCC(N)C(C)(C)C2)CCCC1.Cl. The Bertz CT molecular complexity index is 811. The average Bonchev–Trinajstić information content (AvgIpc) is 3.16. The Morgan fingerprint density at radius 1 is 1.29 bits per heavy atom. The Morgan fingerprint density at radius 2 is 1.89 bits per heavy atom. The number of rotatable bonds is 4. The van der Waals surface area contributed by atoms with Crippen LogP contribution in [0.25, 0.3) is 0 Å². The molecule has 1 amide bonds. The Labute approximate surface area is 173 Å². The van der Waals surface area contributed by atoms with Gasteiger partial charge in [0, 0.05) is 19.1 Å². The Balaban J connectivity index is 0.00000280. The quantitative estimate of drug-likeness (QED) is 0.746. The minimum Gasteiger partial charge on any atom is -0.360 e. The molecule has 3 rings (SSSR count). The average molecular weight is 435 g/mol. The molecule has 1 aromatic rings. The Hall–Kier alpha value is -1.16. The summed E-state index contributed by atoms with van der Waals surface area (Å²) in [6.45, 7) is 8.33. The number of piperidine rings is 1. The second kappa shape index (κ2) is 7.93. The smallest absolute Gasteiger partial charge is 0.246 e. The van der Waals surface area contributed by atoms with E-state index in [9.17, 15) is 13.2 Å². The number of likely N-dealkylation sites (tertiary alicyclic amines) is 1. The molecule has 1 saturated carbocycles. The minimum atomic E-state index is -3.92. The largest absolute Gasteiger partial charge is 0.360 e. The summed E-state index contributed by atoms with van der Waals surface area (Å²) in [6, 6.07) is 0.0278. The van der Waals surface area contributed by atoms with Crippen LogP contribution in [-0.4, -0.2) is 49.1 Å². The van der Waals surface area contributed by atoms with Gasteiger partial charge in [-0.3, -0.25) is 4.79 Å². The predicted molar refractivity (Wildman–Crippen MR) is 108 cm³/mol. The number of halogens is 1. The van der Waals surface area contributed by atoms with Crippen molar-refractivity contribution in [3.63, 3.8) is 0 Å². The van der Waals surface area contributed by atoms with Crippen molar-refractivity contribution in [3.05, 3.63) is 11.5 Å². The monoisotopic (exact) mass is 434 g/mol. The van der Waals surface area contributed by atoms with E-state index in [0.29, 0.717) is 38.0 Å². The molecule has 1 aromatic heterocycles. The van der Waals surface area contributed by atoms with E-state index in [1.165, 1.54) is 0 Å². The molecule has 3 N–H and O–H groups in total. The van der Waals surface area contributed by atoms with Crippen molar-refractivity contribution in [1.29, 1.82) is 0 Å². The molecule has 28 heavy (non-hydrogen) atoms. The van der Waals surface area contributed by atoms with Crippen LogP contribution in [-0.2, 0) is 14.8 Å². The number of aryl methyl sites for hydroxylation is 2. The number of amides is 1. The Morgan fingerprint density at radius 3 is 2.39 bits per heavy atom. The van der Waals surface area contributed by atoms with Gasteiger partial charge < -0.3 is 15.2 Å². The second-order valence-corrected chi connectivity index (χ2v) is 10.3. The molecule has 8 nitrogen and oxygen atoms in total. The van der Waals surface area contributed by atoms with E-state index in [2.05, 4.69) is 9.88 Å². The molecular weight excluding hydrogens is 404 g/mol. The van der Waals surface area contributed by atoms with Crippen LogP contribution in [0.2, 0.25) is 0 Å². The molecule has 0 radical (unpaired) electrons. The van der Waals surface area contributed by atoms with Gasteiger partial charge in [0.1, 0.15) is 16.1 Å². The zero-order chi connectivity index (χ0) is 20.0. The summed E-state index contributed by atoms with van der Waals surface area (Å²) < 4.78 is 33.9. The van der Waals surface area contributed by atoms with Crippen LogP contribution in [0.15, 0.2) is 9.42 Å². The third-order valence-corrected chi connectivity index (χ3v) is 7.81. The number of carbonyl (C=O) groups is 1. The number of aromatic nitrogens is 1. The Kier molecular flexibility index (Phi) is 6.55. The van der Waals surface area contributed by atoms with Gasteiger partial charge in [-0.2, -0.15) is 4.72 Å². The molecule has 1 aliphatic heterocycles. The first-order chi connectivity index (χ1) is 12.5. The lowest BCUT2D eigenvalue weighted by atomic mass is 9.79. The maximum Gasteiger partial charge on any atom is 0.246 e. The van der Waals surface area contributed by atoms with Crippen molar-refractivity contribution in [2.45, 2.75) is 76.3 Å². The van der Waals surface area contributed by atoms with Crippen LogP contribution >= 0.6 is 12.4 Å². The molecule has 2 heterocycles. The standard InChI is InChI=1S/C18H30N4O4S.ClH/c1-12-15(13(2)26-20-12)27(24,25)21-18(8-5-6-9-18)16(23)22-10-7-14(19)17(3,4)11-22;/h14,21H,5-11,19H2,1-4H3;1H. The van der Waals surface area contributed by atoms with E-state index >= 15 is 0 Å². The number of hydrogen-bond donors (Lipinski definition) is 2. The molecule has 1 atom stereocenters. The summed E-state index contributed by atoms with van der Waals surface area (Å²) in [6.07, 6.45) is 3.33. The van der Waals surface area contributed by atoms with Crippen molar-refractivity contribution in [3.8, 4) is 0 Å². The van der Waals surface area contributed by atoms with Crippen molar-refractivity contribution in [1.82, 2.24) is 14.8 Å². The fourth-order valence-electron chi connectivity index (χ4n) is 4.35. The highest BCUT2D eigenvalue weighted by Gasteiger charge is 2.49. The number of sulfonamides is 1. The predicted octanol–water partition coefficient (Wildman–Crippen LogP) is 1.89. The van der Waals surface area contributed by atoms with Crippen molar-refractivity contribution < 1.29 is 17.7 Å². The molecule has 1 aliphatic carbocycles. The van der Waals surface area contributed by atoms with E-state index in [0.717, 1.165) is 12.8 Å². The summed E-state index contributed by atoms with van der Waals surface area (Å²) in [7, 11) is -3.92. The van der Waals surface area contributed by atoms with Crippen LogP contribution < -0.4 is 10.5 Å². The normalized spacial score (nSPS) is 24.0. The van der Waals surface area contributed by atoms with E-state index in [1.54, 1.807) is 18.7 Å². The third-order valence-electron chi connectivity index (χ3n) is 6.03. The number of nitrogens with zero attached hydrogens (tertiary/aromatic N) is 2. The van der Waals surface area contributed by atoms with Gasteiger partial charge in [-0.05, 0) is 38.5 Å². The first kappa shape index (κ1) is 23.1. The van der Waals surface area contributed by atoms with Gasteiger partial charge in [-0.25, -0.2) is 8.42 Å². The summed E-state index contributed by atoms with van der Waals surface area (Å²) in [5, 5.41) is 3.74. The molecule has 1 saturated heterocycles. The van der Waals surface area contributed by atoms with Gasteiger partial charge in [0.25, 0.3) is 0 Å². The van der Waals surface area contributed by atoms with Crippen molar-refractivity contribution in [2.24, 2.45) is 11.1 Å². The lowest BCUT2D eigenvalue weighted by Gasteiger charge is -2.45. The summed E-state index contributed by atoms with van der Waals surface area (Å²) in [5.74, 6) is 0.0842. The van der Waals surface area contributed by atoms with Crippen molar-refractivity contribution in [2.75, 3.05) is 13.1 Å². The summed E-state index contributed by atoms with van der Waals surface area (Å²) in [4.78, 5) is 15.3. The maximum atomic E-state index is 13.5. The fraction of sp³-hybridized carbons (Fsp3) is 0.778. The van der Waals surface area contributed by atoms with Crippen LogP contribution in [0.4, 0.5) is 0 Å². The van der Waals surface area contributed by atoms with E-state index in [4.69, 9.17) is 10.3 Å². The zero-order valence-corrected chi connectivity index (χ0v) is 18.6. The highest BCUT2D eigenvalue weighted by atomic mass is 35.5. The van der Waals surface area contributed by atoms with E-state index in [-0.39, 0.29) is 40.4 Å². The first-order valence-electron chi connectivity index (χ1n) is 9.50. The van der Waals surface area contributed by atoms with Gasteiger partial charge in [0.15, 0.2) is 5.76 Å². The van der Waals surface area contributed by atoms with Crippen LogP contribution in [0.5, 0.6) is 0 Å². The fourth-order valence-corrected chi connectivity index (χ4v) is 6.10. The van der Waals surface area contributed by atoms with Crippen LogP contribution in [0.1, 0.15) is 57.4 Å². The molecule has 160 valence electrons. The second-order valence-electron chi connectivity index (χ2n) is 8.66. The molecule has 2 aliphatic rings. The first-order valence-corrected chi connectivity index (χ1v) is 11.0. The van der Waals surface area contributed by atoms with Gasteiger partial charge in [0.2, 0.25) is 15.9 Å². The van der Waals surface area contributed by atoms with Gasteiger partial charge in [-0.15, -0.1) is 12.4 Å². The van der Waals surface area contributed by atoms with Crippen molar-refractivity contribution >= 4 is 28.3 Å². The highest BCUT2D eigenvalue weighted by Crippen LogP contribution is 2.36. The van der Waals surface area contributed by atoms with Crippen LogP contribution in [0, 0.1) is 19.3 Å².